The Bertz CT molecular complexity index is 1460. The number of benzene rings is 3. The summed E-state index contributed by atoms with van der Waals surface area (Å²) in [4.78, 5) is 34.6. The van der Waals surface area contributed by atoms with Crippen LogP contribution in [0.3, 0.4) is 0 Å². The number of aromatic amines is 1. The lowest BCUT2D eigenvalue weighted by molar-refractivity contribution is -0.124. The Balaban J connectivity index is 1.20. The third-order valence-corrected chi connectivity index (χ3v) is 7.96. The summed E-state index contributed by atoms with van der Waals surface area (Å²) in [6.07, 6.45) is 3.91. The Kier molecular flexibility index (Phi) is 6.26. The average molecular weight is 493 g/mol. The number of H-pyrrole nitrogens is 1. The monoisotopic (exact) mass is 492 g/mol. The van der Waals surface area contributed by atoms with Gasteiger partial charge in [0.15, 0.2) is 0 Å². The molecule has 6 rings (SSSR count). The molecule has 2 aliphatic heterocycles. The van der Waals surface area contributed by atoms with Crippen LogP contribution in [0.25, 0.3) is 10.9 Å². The molecule has 3 aromatic carbocycles. The maximum absolute atomic E-state index is 13.8. The molecule has 1 aromatic heterocycles. The van der Waals surface area contributed by atoms with Gasteiger partial charge >= 0.3 is 0 Å². The van der Waals surface area contributed by atoms with E-state index in [1.807, 2.05) is 54.7 Å². The molecule has 0 fully saturated rings. The zero-order chi connectivity index (χ0) is 25.4. The first-order valence-corrected chi connectivity index (χ1v) is 13.1. The van der Waals surface area contributed by atoms with Crippen molar-refractivity contribution in [2.45, 2.75) is 31.3 Å². The van der Waals surface area contributed by atoms with E-state index in [-0.39, 0.29) is 11.8 Å². The van der Waals surface area contributed by atoms with Gasteiger partial charge in [0.25, 0.3) is 5.91 Å². The summed E-state index contributed by atoms with van der Waals surface area (Å²) < 4.78 is 0. The number of fused-ring (bicyclic) bond motifs is 3. The normalized spacial score (nSPS) is 19.5. The molecule has 2 atom stereocenters. The summed E-state index contributed by atoms with van der Waals surface area (Å²) in [5.41, 5.74) is 6.22. The summed E-state index contributed by atoms with van der Waals surface area (Å²) >= 11 is 0. The molecule has 6 nitrogen and oxygen atoms in total. The van der Waals surface area contributed by atoms with Crippen molar-refractivity contribution in [1.29, 1.82) is 0 Å². The van der Waals surface area contributed by atoms with Crippen molar-refractivity contribution >= 4 is 22.7 Å². The minimum absolute atomic E-state index is 0.0360. The van der Waals surface area contributed by atoms with Gasteiger partial charge in [-0.05, 0) is 41.7 Å². The highest BCUT2D eigenvalue weighted by Gasteiger charge is 2.43. The summed E-state index contributed by atoms with van der Waals surface area (Å²) in [5.74, 6) is -0.577. The predicted molar refractivity (Wildman–Crippen MR) is 145 cm³/mol. The summed E-state index contributed by atoms with van der Waals surface area (Å²) in [6.45, 7) is 3.57. The molecule has 0 saturated carbocycles. The van der Waals surface area contributed by atoms with E-state index < -0.39 is 12.0 Å². The van der Waals surface area contributed by atoms with Crippen LogP contribution in [-0.4, -0.2) is 53.3 Å². The van der Waals surface area contributed by atoms with E-state index in [1.54, 1.807) is 11.9 Å². The van der Waals surface area contributed by atoms with Gasteiger partial charge in [0.2, 0.25) is 5.91 Å². The molecule has 2 N–H and O–H groups in total. The number of hydrogen-bond donors (Lipinski definition) is 2. The van der Waals surface area contributed by atoms with Gasteiger partial charge in [0, 0.05) is 61.5 Å². The molecular formula is C31H32N4O2. The Labute approximate surface area is 217 Å². The number of rotatable bonds is 6. The molecule has 0 radical (unpaired) electrons. The van der Waals surface area contributed by atoms with Gasteiger partial charge in [-0.3, -0.25) is 14.5 Å². The second-order valence-electron chi connectivity index (χ2n) is 10.2. The van der Waals surface area contributed by atoms with Crippen molar-refractivity contribution in [2.24, 2.45) is 0 Å². The molecular weight excluding hydrogens is 460 g/mol. The molecule has 2 unspecified atom stereocenters. The second-order valence-corrected chi connectivity index (χ2v) is 10.2. The van der Waals surface area contributed by atoms with Crippen molar-refractivity contribution in [3.63, 3.8) is 0 Å². The zero-order valence-electron chi connectivity index (χ0n) is 21.1. The summed E-state index contributed by atoms with van der Waals surface area (Å²) in [6, 6.07) is 23.8. The van der Waals surface area contributed by atoms with E-state index in [0.717, 1.165) is 54.5 Å². The van der Waals surface area contributed by atoms with E-state index in [4.69, 9.17) is 0 Å². The standard InChI is InChI=1S/C31H32N4O2/c1-34-29(26-19-33-27-14-7-6-11-23(26)27)28(24-12-4-5-13-25(24)31(34)37)30(36)32-16-8-17-35-18-15-21-9-2-3-10-22(21)20-35/h2-7,9-14,19,28-29,33H,8,15-18,20H2,1H3,(H,32,36). The maximum Gasteiger partial charge on any atom is 0.254 e. The highest BCUT2D eigenvalue weighted by Crippen LogP contribution is 2.44. The molecule has 2 amide bonds. The first-order chi connectivity index (χ1) is 18.1. The Morgan fingerprint density at radius 1 is 0.973 bits per heavy atom. The van der Waals surface area contributed by atoms with Crippen LogP contribution in [0.4, 0.5) is 0 Å². The number of nitrogens with one attached hydrogen (secondary N) is 2. The van der Waals surface area contributed by atoms with Crippen molar-refractivity contribution in [3.8, 4) is 0 Å². The van der Waals surface area contributed by atoms with Crippen LogP contribution in [0.1, 0.15) is 51.0 Å². The maximum atomic E-state index is 13.8. The number of aromatic nitrogens is 1. The lowest BCUT2D eigenvalue weighted by Crippen LogP contribution is -2.46. The SMILES string of the molecule is CN1C(=O)c2ccccc2C(C(=O)NCCCN2CCc3ccccc3C2)C1c1c[nH]c2ccccc12. The van der Waals surface area contributed by atoms with Crippen molar-refractivity contribution in [1.82, 2.24) is 20.1 Å². The molecule has 0 spiro atoms. The molecule has 0 saturated heterocycles. The minimum atomic E-state index is -0.486. The van der Waals surface area contributed by atoms with Crippen LogP contribution in [0.15, 0.2) is 79.0 Å². The van der Waals surface area contributed by atoms with Gasteiger partial charge in [-0.1, -0.05) is 60.7 Å². The molecule has 4 aromatic rings. The number of para-hydroxylation sites is 1. The molecule has 3 heterocycles. The number of likely N-dealkylation sites (N-methyl/N-ethyl adjacent to an activating group) is 1. The van der Waals surface area contributed by atoms with Crippen LogP contribution in [0, 0.1) is 0 Å². The molecule has 0 bridgehead atoms. The first kappa shape index (κ1) is 23.5. The molecule has 188 valence electrons. The van der Waals surface area contributed by atoms with Crippen LogP contribution >= 0.6 is 0 Å². The number of carbonyl (C=O) groups excluding carboxylic acids is 2. The largest absolute Gasteiger partial charge is 0.361 e. The minimum Gasteiger partial charge on any atom is -0.361 e. The third kappa shape index (κ3) is 4.31. The quantitative estimate of drug-likeness (QED) is 0.385. The summed E-state index contributed by atoms with van der Waals surface area (Å²) in [7, 11) is 1.80. The zero-order valence-corrected chi connectivity index (χ0v) is 21.1. The topological polar surface area (TPSA) is 68.4 Å². The molecule has 37 heavy (non-hydrogen) atoms. The van der Waals surface area contributed by atoms with Gasteiger partial charge in [-0.25, -0.2) is 0 Å². The molecule has 2 aliphatic rings. The number of carbonyl (C=O) groups is 2. The number of nitrogens with zero attached hydrogens (tertiary/aromatic N) is 2. The van der Waals surface area contributed by atoms with E-state index in [0.29, 0.717) is 12.1 Å². The van der Waals surface area contributed by atoms with Crippen LogP contribution in [-0.2, 0) is 17.8 Å². The summed E-state index contributed by atoms with van der Waals surface area (Å²) in [5, 5.41) is 4.25. The third-order valence-electron chi connectivity index (χ3n) is 7.96. The Morgan fingerprint density at radius 2 is 1.73 bits per heavy atom. The fourth-order valence-electron chi connectivity index (χ4n) is 6.05. The van der Waals surface area contributed by atoms with Crippen LogP contribution in [0.2, 0.25) is 0 Å². The second kappa shape index (κ2) is 9.87. The van der Waals surface area contributed by atoms with Crippen molar-refractivity contribution in [3.05, 3.63) is 107 Å². The van der Waals surface area contributed by atoms with Crippen molar-refractivity contribution < 1.29 is 9.59 Å². The van der Waals surface area contributed by atoms with E-state index in [1.165, 1.54) is 11.1 Å². The predicted octanol–water partition coefficient (Wildman–Crippen LogP) is 4.64. The van der Waals surface area contributed by atoms with Gasteiger partial charge in [0.05, 0.1) is 12.0 Å². The van der Waals surface area contributed by atoms with Gasteiger partial charge in [-0.15, -0.1) is 0 Å². The van der Waals surface area contributed by atoms with Gasteiger partial charge in [0.1, 0.15) is 0 Å². The molecule has 0 aliphatic carbocycles. The van der Waals surface area contributed by atoms with E-state index >= 15 is 0 Å². The Morgan fingerprint density at radius 3 is 2.62 bits per heavy atom. The molecule has 6 heteroatoms. The average Bonchev–Trinajstić information content (AvgIpc) is 3.36. The van der Waals surface area contributed by atoms with Crippen LogP contribution in [0.5, 0.6) is 0 Å². The van der Waals surface area contributed by atoms with Gasteiger partial charge < -0.3 is 15.2 Å². The fraction of sp³-hybridized carbons (Fsp3) is 0.290. The van der Waals surface area contributed by atoms with Crippen molar-refractivity contribution in [2.75, 3.05) is 26.7 Å². The fourth-order valence-corrected chi connectivity index (χ4v) is 6.05. The lowest BCUT2D eigenvalue weighted by atomic mass is 9.79. The number of amides is 2. The van der Waals surface area contributed by atoms with E-state index in [2.05, 4.69) is 39.5 Å². The Hall–Kier alpha value is -3.90. The van der Waals surface area contributed by atoms with Crippen LogP contribution < -0.4 is 5.32 Å². The number of hydrogen-bond acceptors (Lipinski definition) is 3. The first-order valence-electron chi connectivity index (χ1n) is 13.1. The highest BCUT2D eigenvalue weighted by molar-refractivity contribution is 6.02. The van der Waals surface area contributed by atoms with Gasteiger partial charge in [-0.2, -0.15) is 0 Å². The van der Waals surface area contributed by atoms with E-state index in [9.17, 15) is 9.59 Å². The highest BCUT2D eigenvalue weighted by atomic mass is 16.2. The lowest BCUT2D eigenvalue weighted by Gasteiger charge is -2.39. The smallest absolute Gasteiger partial charge is 0.254 e.